The number of cyclic esters (lactones) is 1. The van der Waals surface area contributed by atoms with Gasteiger partial charge in [-0.25, -0.2) is 4.79 Å². The summed E-state index contributed by atoms with van der Waals surface area (Å²) in [5.74, 6) is 0.452. The molecule has 3 heterocycles. The van der Waals surface area contributed by atoms with Gasteiger partial charge in [0.1, 0.15) is 29.8 Å². The summed E-state index contributed by atoms with van der Waals surface area (Å²) < 4.78 is 24.8. The van der Waals surface area contributed by atoms with Gasteiger partial charge in [0, 0.05) is 27.9 Å². The molecule has 0 radical (unpaired) electrons. The summed E-state index contributed by atoms with van der Waals surface area (Å²) in [6.07, 6.45) is 5.99. The summed E-state index contributed by atoms with van der Waals surface area (Å²) in [7, 11) is 0. The first-order valence-corrected chi connectivity index (χ1v) is 14.0. The molecule has 9 atom stereocenters. The molecule has 5 aliphatic rings. The van der Waals surface area contributed by atoms with E-state index in [1.807, 2.05) is 30.3 Å². The van der Waals surface area contributed by atoms with E-state index in [0.29, 0.717) is 12.0 Å². The fraction of sp³-hybridized carbons (Fsp3) is 0.562. The molecule has 1 aromatic heterocycles. The van der Waals surface area contributed by atoms with Crippen LogP contribution in [0.1, 0.15) is 65.5 Å². The lowest BCUT2D eigenvalue weighted by molar-refractivity contribution is -0.241. The number of esters is 1. The van der Waals surface area contributed by atoms with Gasteiger partial charge in [0.05, 0.1) is 0 Å². The van der Waals surface area contributed by atoms with Crippen molar-refractivity contribution in [2.75, 3.05) is 0 Å². The summed E-state index contributed by atoms with van der Waals surface area (Å²) in [5.41, 5.74) is -2.23. The second-order valence-electron chi connectivity index (χ2n) is 13.6. The van der Waals surface area contributed by atoms with Crippen molar-refractivity contribution in [2.45, 2.75) is 77.8 Å². The molecule has 39 heavy (non-hydrogen) atoms. The maximum Gasteiger partial charge on any atom is 0.339 e. The normalized spacial score (nSPS) is 45.3. The van der Waals surface area contributed by atoms with Gasteiger partial charge in [-0.1, -0.05) is 58.9 Å². The number of allylic oxidation sites excluding steroid dienone is 2. The first kappa shape index (κ1) is 24.9. The van der Waals surface area contributed by atoms with Crippen molar-refractivity contribution in [3.05, 3.63) is 60.4 Å². The maximum absolute atomic E-state index is 13.5. The van der Waals surface area contributed by atoms with E-state index < -0.39 is 34.1 Å². The van der Waals surface area contributed by atoms with E-state index in [1.54, 1.807) is 6.08 Å². The molecular formula is C32H36O7. The van der Waals surface area contributed by atoms with Gasteiger partial charge in [-0.3, -0.25) is 4.79 Å². The van der Waals surface area contributed by atoms with E-state index >= 15 is 0 Å². The van der Waals surface area contributed by atoms with Crippen LogP contribution in [0, 0.1) is 33.5 Å². The molecule has 7 rings (SSSR count). The van der Waals surface area contributed by atoms with Gasteiger partial charge in [-0.2, -0.15) is 0 Å². The van der Waals surface area contributed by atoms with Gasteiger partial charge in [0.2, 0.25) is 0 Å². The fourth-order valence-electron chi connectivity index (χ4n) is 9.72. The van der Waals surface area contributed by atoms with Gasteiger partial charge >= 0.3 is 5.97 Å². The number of aromatic hydroxyl groups is 1. The maximum atomic E-state index is 13.5. The number of para-hydroxylation sites is 1. The van der Waals surface area contributed by atoms with Crippen molar-refractivity contribution in [2.24, 2.45) is 33.5 Å². The first-order valence-electron chi connectivity index (χ1n) is 14.0. The van der Waals surface area contributed by atoms with Crippen molar-refractivity contribution in [1.29, 1.82) is 0 Å². The molecule has 2 saturated carbocycles. The monoisotopic (exact) mass is 532 g/mol. The molecule has 2 aromatic rings. The number of hydrogen-bond donors (Lipinski definition) is 1. The topological polar surface area (TPSA) is 98.5 Å². The third-order valence-corrected chi connectivity index (χ3v) is 11.6. The van der Waals surface area contributed by atoms with Crippen LogP contribution in [0.2, 0.25) is 0 Å². The standard InChI is InChI=1S/C32H36O7/c1-28(2)21-16-23(37-19-9-7-6-8-10-19)31(5)20(29(21,3)13-12-22(28)33)11-14-30(4)25(18-15-24(34)36-17-18)38-27(35)26-32(30,31)39-26/h6-10,12-13,15,17,20-21,23,25-26,34H,11,14,16H2,1-5H3/t20-,21-,23-,25+,26-,29-,30+,31+,32-/m1/s1. The minimum atomic E-state index is -0.845. The van der Waals surface area contributed by atoms with E-state index in [0.717, 1.165) is 18.6 Å². The van der Waals surface area contributed by atoms with E-state index in [9.17, 15) is 14.7 Å². The smallest absolute Gasteiger partial charge is 0.339 e. The Labute approximate surface area is 228 Å². The van der Waals surface area contributed by atoms with E-state index in [1.165, 1.54) is 12.3 Å². The molecule has 1 aromatic carbocycles. The SMILES string of the molecule is CC1(C)C(=O)C=C[C@@]2(C)[C@@H]1C[C@@H](Oc1ccccc1)[C@]1(C)[C@@H]2CC[C@@]2(C)[C@H](c3coc(O)c3)OC(=O)[C@H]3O[C@@]312. The molecule has 0 unspecified atom stereocenters. The number of fused-ring (bicyclic) bond motifs is 3. The van der Waals surface area contributed by atoms with Crippen molar-refractivity contribution in [3.63, 3.8) is 0 Å². The predicted molar refractivity (Wildman–Crippen MR) is 141 cm³/mol. The molecule has 7 nitrogen and oxygen atoms in total. The van der Waals surface area contributed by atoms with Crippen LogP contribution in [0.3, 0.4) is 0 Å². The van der Waals surface area contributed by atoms with Gasteiger partial charge in [0.25, 0.3) is 5.95 Å². The molecule has 1 N–H and O–H groups in total. The zero-order valence-corrected chi connectivity index (χ0v) is 23.1. The molecule has 2 aliphatic heterocycles. The highest BCUT2D eigenvalue weighted by Gasteiger charge is 2.88. The Balaban J connectivity index is 1.42. The lowest BCUT2D eigenvalue weighted by Crippen LogP contribution is -2.73. The van der Waals surface area contributed by atoms with E-state index in [2.05, 4.69) is 40.7 Å². The quantitative estimate of drug-likeness (QED) is 0.395. The van der Waals surface area contributed by atoms with Crippen molar-refractivity contribution >= 4 is 11.8 Å². The number of epoxide rings is 1. The third kappa shape index (κ3) is 2.87. The number of ether oxygens (including phenoxy) is 3. The number of ketones is 1. The molecule has 3 aliphatic carbocycles. The molecule has 2 saturated heterocycles. The Morgan fingerprint density at radius 3 is 2.44 bits per heavy atom. The predicted octanol–water partition coefficient (Wildman–Crippen LogP) is 5.78. The fourth-order valence-corrected chi connectivity index (χ4v) is 9.72. The molecule has 7 heteroatoms. The average Bonchev–Trinajstić information content (AvgIpc) is 3.55. The number of furan rings is 1. The molecule has 206 valence electrons. The van der Waals surface area contributed by atoms with Crippen LogP contribution in [0.25, 0.3) is 0 Å². The van der Waals surface area contributed by atoms with Crippen LogP contribution in [0.5, 0.6) is 11.7 Å². The number of rotatable bonds is 3. The minimum Gasteiger partial charge on any atom is -0.490 e. The van der Waals surface area contributed by atoms with Crippen LogP contribution >= 0.6 is 0 Å². The Hall–Kier alpha value is -3.06. The molecular weight excluding hydrogens is 496 g/mol. The highest BCUT2D eigenvalue weighted by Crippen LogP contribution is 2.79. The largest absolute Gasteiger partial charge is 0.490 e. The zero-order chi connectivity index (χ0) is 27.6. The van der Waals surface area contributed by atoms with Crippen LogP contribution < -0.4 is 4.74 Å². The number of benzene rings is 1. The van der Waals surface area contributed by atoms with Gasteiger partial charge in [0.15, 0.2) is 11.9 Å². The summed E-state index contributed by atoms with van der Waals surface area (Å²) >= 11 is 0. The van der Waals surface area contributed by atoms with Crippen molar-refractivity contribution in [3.8, 4) is 11.7 Å². The second kappa shape index (κ2) is 7.57. The third-order valence-electron chi connectivity index (χ3n) is 11.6. The summed E-state index contributed by atoms with van der Waals surface area (Å²) in [4.78, 5) is 26.6. The van der Waals surface area contributed by atoms with Crippen molar-refractivity contribution in [1.82, 2.24) is 0 Å². The summed E-state index contributed by atoms with van der Waals surface area (Å²) in [6, 6.07) is 11.3. The minimum absolute atomic E-state index is 0.0596. The highest BCUT2D eigenvalue weighted by atomic mass is 16.7. The van der Waals surface area contributed by atoms with Gasteiger partial charge in [-0.15, -0.1) is 0 Å². The van der Waals surface area contributed by atoms with Crippen LogP contribution in [0.4, 0.5) is 0 Å². The van der Waals surface area contributed by atoms with Crippen LogP contribution in [-0.2, 0) is 19.1 Å². The zero-order valence-electron chi connectivity index (χ0n) is 23.1. The molecule has 4 fully saturated rings. The first-order chi connectivity index (χ1) is 18.4. The average molecular weight is 533 g/mol. The molecule has 0 amide bonds. The Morgan fingerprint density at radius 1 is 1.00 bits per heavy atom. The van der Waals surface area contributed by atoms with E-state index in [4.69, 9.17) is 18.6 Å². The van der Waals surface area contributed by atoms with E-state index in [-0.39, 0.29) is 41.1 Å². The van der Waals surface area contributed by atoms with Gasteiger partial charge < -0.3 is 23.7 Å². The second-order valence-corrected chi connectivity index (χ2v) is 13.6. The van der Waals surface area contributed by atoms with Crippen molar-refractivity contribution < 1.29 is 33.3 Å². The molecule has 0 bridgehead atoms. The number of carbonyl (C=O) groups excluding carboxylic acids is 2. The van der Waals surface area contributed by atoms with Crippen LogP contribution in [-0.4, -0.2) is 34.7 Å². The number of hydrogen-bond acceptors (Lipinski definition) is 7. The molecule has 1 spiro atoms. The highest BCUT2D eigenvalue weighted by molar-refractivity contribution is 5.95. The van der Waals surface area contributed by atoms with Crippen LogP contribution in [0.15, 0.2) is 59.2 Å². The lowest BCUT2D eigenvalue weighted by Gasteiger charge is -2.68. The Morgan fingerprint density at radius 2 is 1.74 bits per heavy atom. The Kier molecular flexibility index (Phi) is 4.84. The van der Waals surface area contributed by atoms with Gasteiger partial charge in [-0.05, 0) is 54.7 Å². The Bertz CT molecular complexity index is 1390. The number of carbonyl (C=O) groups is 2. The lowest BCUT2D eigenvalue weighted by atomic mass is 9.35. The summed E-state index contributed by atoms with van der Waals surface area (Å²) in [5, 5.41) is 9.99. The summed E-state index contributed by atoms with van der Waals surface area (Å²) in [6.45, 7) is 10.8.